The van der Waals surface area contributed by atoms with Crippen molar-refractivity contribution in [2.75, 3.05) is 0 Å². The first-order chi connectivity index (χ1) is 13.2. The first kappa shape index (κ1) is 22.3. The first-order valence-corrected chi connectivity index (χ1v) is 9.83. The second-order valence-electron chi connectivity index (χ2n) is 7.94. The van der Waals surface area contributed by atoms with Crippen LogP contribution in [0.3, 0.4) is 0 Å². The Kier molecular flexibility index (Phi) is 7.30. The molecule has 12 unspecified atom stereocenters. The summed E-state index contributed by atoms with van der Waals surface area (Å²) < 4.78 is 28.3. The second-order valence-corrected chi connectivity index (χ2v) is 7.94. The van der Waals surface area contributed by atoms with Crippen molar-refractivity contribution < 1.29 is 49.2 Å². The van der Waals surface area contributed by atoms with Crippen molar-refractivity contribution in [1.29, 1.82) is 0 Å². The molecular weight excluding hydrogens is 376 g/mol. The lowest BCUT2D eigenvalue weighted by Crippen LogP contribution is -2.56. The third-order valence-corrected chi connectivity index (χ3v) is 5.59. The van der Waals surface area contributed by atoms with Gasteiger partial charge in [0.15, 0.2) is 18.9 Å². The molecule has 0 saturated carbocycles. The summed E-state index contributed by atoms with van der Waals surface area (Å²) in [6.45, 7) is 5.05. The molecule has 3 saturated heterocycles. The van der Waals surface area contributed by atoms with E-state index in [2.05, 4.69) is 0 Å². The number of rotatable bonds is 4. The molecule has 28 heavy (non-hydrogen) atoms. The minimum absolute atomic E-state index is 0.0386. The zero-order valence-electron chi connectivity index (χ0n) is 16.3. The Hall–Kier alpha value is -0.400. The zero-order chi connectivity index (χ0) is 20.6. The van der Waals surface area contributed by atoms with E-state index in [0.29, 0.717) is 0 Å². The largest absolute Gasteiger partial charge is 0.390 e. The fourth-order valence-corrected chi connectivity index (χ4v) is 4.00. The molecule has 5 N–H and O–H groups in total. The van der Waals surface area contributed by atoms with Crippen LogP contribution in [0.25, 0.3) is 0 Å². The number of aliphatic hydroxyl groups is 5. The summed E-state index contributed by atoms with van der Waals surface area (Å²) in [5, 5.41) is 49.9. The predicted molar refractivity (Wildman–Crippen MR) is 92.8 cm³/mol. The molecule has 0 aromatic rings. The van der Waals surface area contributed by atoms with E-state index in [4.69, 9.17) is 23.7 Å². The van der Waals surface area contributed by atoms with Crippen molar-refractivity contribution in [3.05, 3.63) is 0 Å². The maximum atomic E-state index is 10.5. The van der Waals surface area contributed by atoms with E-state index in [-0.39, 0.29) is 19.3 Å². The molecule has 10 nitrogen and oxygen atoms in total. The van der Waals surface area contributed by atoms with Gasteiger partial charge in [-0.25, -0.2) is 0 Å². The van der Waals surface area contributed by atoms with Crippen LogP contribution in [0, 0.1) is 0 Å². The zero-order valence-corrected chi connectivity index (χ0v) is 16.3. The fraction of sp³-hybridized carbons (Fsp3) is 1.00. The van der Waals surface area contributed by atoms with Gasteiger partial charge < -0.3 is 49.2 Å². The minimum Gasteiger partial charge on any atom is -0.390 e. The van der Waals surface area contributed by atoms with Gasteiger partial charge in [0.2, 0.25) is 0 Å². The average molecular weight is 408 g/mol. The van der Waals surface area contributed by atoms with Crippen molar-refractivity contribution >= 4 is 0 Å². The molecule has 0 bridgehead atoms. The summed E-state index contributed by atoms with van der Waals surface area (Å²) in [6, 6.07) is 0. The first-order valence-electron chi connectivity index (χ1n) is 9.83. The lowest BCUT2D eigenvalue weighted by molar-refractivity contribution is -0.331. The summed E-state index contributed by atoms with van der Waals surface area (Å²) in [5.74, 6) is 0. The average Bonchev–Trinajstić information content (AvgIpc) is 2.59. The Balaban J connectivity index is 1.54. The monoisotopic (exact) mass is 408 g/mol. The maximum Gasteiger partial charge on any atom is 0.161 e. The van der Waals surface area contributed by atoms with Gasteiger partial charge in [-0.1, -0.05) is 0 Å². The fourth-order valence-electron chi connectivity index (χ4n) is 4.00. The highest BCUT2D eigenvalue weighted by atomic mass is 16.7. The van der Waals surface area contributed by atoms with Gasteiger partial charge in [0.25, 0.3) is 0 Å². The van der Waals surface area contributed by atoms with Crippen LogP contribution in [0.2, 0.25) is 0 Å². The van der Waals surface area contributed by atoms with Crippen LogP contribution in [0.15, 0.2) is 0 Å². The Labute approximate surface area is 163 Å². The molecule has 0 aromatic heterocycles. The highest BCUT2D eigenvalue weighted by Crippen LogP contribution is 2.31. The van der Waals surface area contributed by atoms with E-state index in [1.807, 2.05) is 0 Å². The molecule has 0 aromatic carbocycles. The van der Waals surface area contributed by atoms with Crippen LogP contribution in [-0.2, 0) is 23.7 Å². The van der Waals surface area contributed by atoms with Gasteiger partial charge in [0, 0.05) is 19.3 Å². The molecule has 0 aliphatic carbocycles. The van der Waals surface area contributed by atoms with E-state index in [0.717, 1.165) is 0 Å². The van der Waals surface area contributed by atoms with E-state index in [1.54, 1.807) is 20.8 Å². The lowest BCUT2D eigenvalue weighted by atomic mass is 9.99. The molecule has 12 atom stereocenters. The van der Waals surface area contributed by atoms with Crippen molar-refractivity contribution in [2.45, 2.75) is 114 Å². The number of hydrogen-bond acceptors (Lipinski definition) is 10. The van der Waals surface area contributed by atoms with Gasteiger partial charge in [-0.2, -0.15) is 0 Å². The predicted octanol–water partition coefficient (Wildman–Crippen LogP) is -1.40. The summed E-state index contributed by atoms with van der Waals surface area (Å²) in [6.07, 6.45) is -9.17. The number of hydrogen-bond donors (Lipinski definition) is 5. The van der Waals surface area contributed by atoms with Crippen molar-refractivity contribution in [1.82, 2.24) is 0 Å². The Morgan fingerprint density at radius 3 is 1.57 bits per heavy atom. The second kappa shape index (κ2) is 9.17. The van der Waals surface area contributed by atoms with Gasteiger partial charge in [-0.05, 0) is 20.8 Å². The summed E-state index contributed by atoms with van der Waals surface area (Å²) in [5.41, 5.74) is 0. The molecule has 3 heterocycles. The highest BCUT2D eigenvalue weighted by Gasteiger charge is 2.44. The number of aliphatic hydroxyl groups excluding tert-OH is 5. The van der Waals surface area contributed by atoms with Gasteiger partial charge >= 0.3 is 0 Å². The molecular formula is C18H32O10. The van der Waals surface area contributed by atoms with Crippen molar-refractivity contribution in [2.24, 2.45) is 0 Å². The summed E-state index contributed by atoms with van der Waals surface area (Å²) >= 11 is 0. The topological polar surface area (TPSA) is 147 Å². The van der Waals surface area contributed by atoms with Crippen molar-refractivity contribution in [3.8, 4) is 0 Å². The third-order valence-electron chi connectivity index (χ3n) is 5.59. The van der Waals surface area contributed by atoms with Crippen LogP contribution in [0.1, 0.15) is 40.0 Å². The molecule has 3 rings (SSSR count). The van der Waals surface area contributed by atoms with E-state index < -0.39 is 73.8 Å². The maximum absolute atomic E-state index is 10.5. The molecule has 164 valence electrons. The molecule has 3 fully saturated rings. The SMILES string of the molecule is CC1OC(OC2C(O)CC(OC3C(O)CC(O)OC3C)OC2C)CC(O)C1O. The normalized spacial score (nSPS) is 53.1. The summed E-state index contributed by atoms with van der Waals surface area (Å²) in [7, 11) is 0. The lowest BCUT2D eigenvalue weighted by Gasteiger charge is -2.44. The third kappa shape index (κ3) is 5.01. The van der Waals surface area contributed by atoms with Crippen molar-refractivity contribution in [3.63, 3.8) is 0 Å². The minimum atomic E-state index is -1.04. The molecule has 10 heteroatoms. The summed E-state index contributed by atoms with van der Waals surface area (Å²) in [4.78, 5) is 0. The van der Waals surface area contributed by atoms with Crippen LogP contribution in [-0.4, -0.2) is 99.3 Å². The Morgan fingerprint density at radius 1 is 0.607 bits per heavy atom. The van der Waals surface area contributed by atoms with E-state index >= 15 is 0 Å². The smallest absolute Gasteiger partial charge is 0.161 e. The van der Waals surface area contributed by atoms with Crippen LogP contribution in [0.5, 0.6) is 0 Å². The van der Waals surface area contributed by atoms with E-state index in [9.17, 15) is 25.5 Å². The standard InChI is InChI=1S/C18H32O10/c1-7-16(23)10(19)5-14(25-7)27-18-9(3)26-15(6-12(18)21)28-17-8(2)24-13(22)4-11(17)20/h7-23H,4-6H2,1-3H3. The molecule has 0 radical (unpaired) electrons. The molecule has 3 aliphatic heterocycles. The van der Waals surface area contributed by atoms with Gasteiger partial charge in [-0.3, -0.25) is 0 Å². The number of ether oxygens (including phenoxy) is 5. The Bertz CT molecular complexity index is 471. The van der Waals surface area contributed by atoms with Gasteiger partial charge in [-0.15, -0.1) is 0 Å². The molecule has 3 aliphatic rings. The van der Waals surface area contributed by atoms with Gasteiger partial charge in [0.05, 0.1) is 36.6 Å². The molecule has 0 amide bonds. The van der Waals surface area contributed by atoms with Crippen LogP contribution >= 0.6 is 0 Å². The Morgan fingerprint density at radius 2 is 1.07 bits per heavy atom. The molecule has 0 spiro atoms. The quantitative estimate of drug-likeness (QED) is 0.376. The highest BCUT2D eigenvalue weighted by molar-refractivity contribution is 4.87. The van der Waals surface area contributed by atoms with Crippen LogP contribution in [0.4, 0.5) is 0 Å². The van der Waals surface area contributed by atoms with Gasteiger partial charge in [0.1, 0.15) is 18.3 Å². The van der Waals surface area contributed by atoms with Crippen LogP contribution < -0.4 is 0 Å². The van der Waals surface area contributed by atoms with E-state index in [1.165, 1.54) is 0 Å².